The summed E-state index contributed by atoms with van der Waals surface area (Å²) in [6.45, 7) is 2.36. The maximum atomic E-state index is 13.3. The number of sulfonamides is 1. The van der Waals surface area contributed by atoms with E-state index in [4.69, 9.17) is 5.11 Å². The first-order valence-corrected chi connectivity index (χ1v) is 8.43. The van der Waals surface area contributed by atoms with Crippen LogP contribution in [0, 0.1) is 5.82 Å². The molecule has 1 aliphatic heterocycles. The number of nitrogens with zero attached hydrogens (tertiary/aromatic N) is 1. The van der Waals surface area contributed by atoms with Gasteiger partial charge in [-0.2, -0.15) is 0 Å². The van der Waals surface area contributed by atoms with Crippen LogP contribution in [0.1, 0.15) is 25.3 Å². The maximum absolute atomic E-state index is 13.3. The molecule has 0 aliphatic carbocycles. The second-order valence-corrected chi connectivity index (χ2v) is 7.30. The van der Waals surface area contributed by atoms with Gasteiger partial charge in [-0.05, 0) is 51.6 Å². The molecule has 0 saturated carbocycles. The molecule has 118 valence electrons. The average Bonchev–Trinajstić information content (AvgIpc) is 2.43. The van der Waals surface area contributed by atoms with E-state index < -0.39 is 22.4 Å². The molecule has 2 rings (SSSR count). The van der Waals surface area contributed by atoms with Gasteiger partial charge in [0.25, 0.3) is 0 Å². The van der Waals surface area contributed by atoms with Gasteiger partial charge >= 0.3 is 0 Å². The number of piperidine rings is 1. The summed E-state index contributed by atoms with van der Waals surface area (Å²) < 4.78 is 40.7. The van der Waals surface area contributed by atoms with Crippen LogP contribution in [0.5, 0.6) is 0 Å². The summed E-state index contributed by atoms with van der Waals surface area (Å²) in [5.74, 6) is -0.607. The molecular weight excluding hydrogens is 295 g/mol. The van der Waals surface area contributed by atoms with E-state index in [-0.39, 0.29) is 16.5 Å². The minimum absolute atomic E-state index is 0.0143. The molecule has 21 heavy (non-hydrogen) atoms. The third-order valence-corrected chi connectivity index (χ3v) is 5.55. The molecule has 0 amide bonds. The number of aliphatic hydroxyl groups is 1. The topological polar surface area (TPSA) is 69.6 Å². The molecule has 1 aromatic carbocycles. The van der Waals surface area contributed by atoms with Crippen molar-refractivity contribution in [3.05, 3.63) is 29.6 Å². The van der Waals surface area contributed by atoms with Gasteiger partial charge in [0.1, 0.15) is 5.82 Å². The van der Waals surface area contributed by atoms with E-state index in [0.717, 1.165) is 25.5 Å². The number of hydrogen-bond acceptors (Lipinski definition) is 4. The second-order valence-electron chi connectivity index (χ2n) is 5.58. The van der Waals surface area contributed by atoms with Crippen LogP contribution in [0.25, 0.3) is 0 Å². The molecule has 1 aliphatic rings. The first kappa shape index (κ1) is 16.4. The molecule has 1 fully saturated rings. The molecule has 0 bridgehead atoms. The van der Waals surface area contributed by atoms with E-state index in [1.165, 1.54) is 12.1 Å². The largest absolute Gasteiger partial charge is 0.392 e. The molecule has 7 heteroatoms. The third-order valence-electron chi connectivity index (χ3n) is 4.03. The van der Waals surface area contributed by atoms with Gasteiger partial charge in [0.15, 0.2) is 0 Å². The Balaban J connectivity index is 2.15. The third kappa shape index (κ3) is 3.79. The predicted molar refractivity (Wildman–Crippen MR) is 77.8 cm³/mol. The average molecular weight is 316 g/mol. The molecular formula is C14H21FN2O3S. The van der Waals surface area contributed by atoms with Crippen molar-refractivity contribution in [3.8, 4) is 0 Å². The number of nitrogens with one attached hydrogen (secondary N) is 1. The van der Waals surface area contributed by atoms with Crippen molar-refractivity contribution in [2.45, 2.75) is 43.4 Å². The molecule has 5 nitrogen and oxygen atoms in total. The Morgan fingerprint density at radius 3 is 2.81 bits per heavy atom. The van der Waals surface area contributed by atoms with E-state index in [1.54, 1.807) is 0 Å². The molecule has 2 unspecified atom stereocenters. The molecule has 0 aromatic heterocycles. The summed E-state index contributed by atoms with van der Waals surface area (Å²) in [4.78, 5) is 2.17. The first-order chi connectivity index (χ1) is 9.83. The highest BCUT2D eigenvalue weighted by molar-refractivity contribution is 7.89. The number of benzene rings is 1. The van der Waals surface area contributed by atoms with Crippen molar-refractivity contribution in [1.29, 1.82) is 0 Å². The number of halogens is 1. The highest BCUT2D eigenvalue weighted by atomic mass is 32.2. The van der Waals surface area contributed by atoms with Gasteiger partial charge in [-0.15, -0.1) is 0 Å². The summed E-state index contributed by atoms with van der Waals surface area (Å²) in [5.41, 5.74) is -0.0189. The van der Waals surface area contributed by atoms with Gasteiger partial charge in [-0.1, -0.05) is 0 Å². The summed E-state index contributed by atoms with van der Waals surface area (Å²) in [6.07, 6.45) is 1.48. The van der Waals surface area contributed by atoms with E-state index in [1.807, 2.05) is 7.05 Å². The highest BCUT2D eigenvalue weighted by Gasteiger charge is 2.27. The van der Waals surface area contributed by atoms with Gasteiger partial charge in [0.2, 0.25) is 10.0 Å². The standard InChI is InChI=1S/C14H21FN2O3S/c1-10-7-12(5-6-17(10)2)16-21(19,20)13-3-4-14(15)11(8-13)9-18/h3-4,8,10,12,16,18H,5-7,9H2,1-2H3. The van der Waals surface area contributed by atoms with Crippen molar-refractivity contribution in [2.24, 2.45) is 0 Å². The molecule has 2 atom stereocenters. The van der Waals surface area contributed by atoms with Crippen molar-refractivity contribution in [1.82, 2.24) is 9.62 Å². The quantitative estimate of drug-likeness (QED) is 0.872. The Labute approximate surface area is 124 Å². The van der Waals surface area contributed by atoms with E-state index >= 15 is 0 Å². The summed E-state index contributed by atoms with van der Waals surface area (Å²) in [6, 6.07) is 3.65. The number of likely N-dealkylation sites (tertiary alicyclic amines) is 1. The molecule has 1 heterocycles. The lowest BCUT2D eigenvalue weighted by Crippen LogP contribution is -2.47. The Morgan fingerprint density at radius 2 is 2.19 bits per heavy atom. The monoisotopic (exact) mass is 316 g/mol. The van der Waals surface area contributed by atoms with Gasteiger partial charge in [-0.25, -0.2) is 17.5 Å². The zero-order valence-electron chi connectivity index (χ0n) is 12.2. The lowest BCUT2D eigenvalue weighted by Gasteiger charge is -2.35. The van der Waals surface area contributed by atoms with Gasteiger partial charge in [-0.3, -0.25) is 0 Å². The zero-order chi connectivity index (χ0) is 15.6. The minimum Gasteiger partial charge on any atom is -0.392 e. The first-order valence-electron chi connectivity index (χ1n) is 6.95. The molecule has 0 radical (unpaired) electrons. The van der Waals surface area contributed by atoms with Crippen LogP contribution < -0.4 is 4.72 Å². The van der Waals surface area contributed by atoms with Crippen LogP contribution in [0.3, 0.4) is 0 Å². The second kappa shape index (κ2) is 6.39. The van der Waals surface area contributed by atoms with Crippen LogP contribution in [-0.2, 0) is 16.6 Å². The lowest BCUT2D eigenvalue weighted by molar-refractivity contribution is 0.178. The Bertz CT molecular complexity index is 606. The fraction of sp³-hybridized carbons (Fsp3) is 0.571. The van der Waals surface area contributed by atoms with E-state index in [2.05, 4.69) is 16.5 Å². The Kier molecular flexibility index (Phi) is 4.98. The van der Waals surface area contributed by atoms with Gasteiger partial charge in [0.05, 0.1) is 11.5 Å². The summed E-state index contributed by atoms with van der Waals surface area (Å²) >= 11 is 0. The van der Waals surface area contributed by atoms with Crippen LogP contribution in [0.2, 0.25) is 0 Å². The normalized spacial score (nSPS) is 24.2. The fourth-order valence-corrected chi connectivity index (χ4v) is 3.86. The maximum Gasteiger partial charge on any atom is 0.240 e. The zero-order valence-corrected chi connectivity index (χ0v) is 13.0. The van der Waals surface area contributed by atoms with E-state index in [9.17, 15) is 12.8 Å². The van der Waals surface area contributed by atoms with Gasteiger partial charge < -0.3 is 10.0 Å². The van der Waals surface area contributed by atoms with Gasteiger partial charge in [0, 0.05) is 17.6 Å². The molecule has 0 spiro atoms. The number of rotatable bonds is 4. The van der Waals surface area contributed by atoms with Crippen molar-refractivity contribution < 1.29 is 17.9 Å². The van der Waals surface area contributed by atoms with Crippen LogP contribution in [0.15, 0.2) is 23.1 Å². The van der Waals surface area contributed by atoms with Crippen LogP contribution in [-0.4, -0.2) is 44.1 Å². The summed E-state index contributed by atoms with van der Waals surface area (Å²) in [7, 11) is -1.68. The fourth-order valence-electron chi connectivity index (χ4n) is 2.52. The predicted octanol–water partition coefficient (Wildman–Crippen LogP) is 1.08. The number of aliphatic hydroxyl groups excluding tert-OH is 1. The lowest BCUT2D eigenvalue weighted by atomic mass is 10.0. The van der Waals surface area contributed by atoms with E-state index in [0.29, 0.717) is 6.04 Å². The minimum atomic E-state index is -3.70. The van der Waals surface area contributed by atoms with Crippen molar-refractivity contribution in [3.63, 3.8) is 0 Å². The Morgan fingerprint density at radius 1 is 1.48 bits per heavy atom. The molecule has 1 aromatic rings. The van der Waals surface area contributed by atoms with Crippen LogP contribution in [0.4, 0.5) is 4.39 Å². The molecule has 1 saturated heterocycles. The SMILES string of the molecule is CC1CC(NS(=O)(=O)c2ccc(F)c(CO)c2)CCN1C. The Hall–Kier alpha value is -1.02. The van der Waals surface area contributed by atoms with Crippen molar-refractivity contribution >= 4 is 10.0 Å². The number of hydrogen-bond donors (Lipinski definition) is 2. The molecule has 2 N–H and O–H groups in total. The summed E-state index contributed by atoms with van der Waals surface area (Å²) in [5, 5.41) is 9.03. The highest BCUT2D eigenvalue weighted by Crippen LogP contribution is 2.20. The van der Waals surface area contributed by atoms with Crippen molar-refractivity contribution in [2.75, 3.05) is 13.6 Å². The smallest absolute Gasteiger partial charge is 0.240 e. The van der Waals surface area contributed by atoms with Crippen LogP contribution >= 0.6 is 0 Å².